The lowest BCUT2D eigenvalue weighted by atomic mass is 10.1. The van der Waals surface area contributed by atoms with Crippen molar-refractivity contribution < 1.29 is 0 Å². The van der Waals surface area contributed by atoms with Crippen LogP contribution >= 0.6 is 0 Å². The normalized spacial score (nSPS) is 25.9. The van der Waals surface area contributed by atoms with Gasteiger partial charge in [0.2, 0.25) is 0 Å². The van der Waals surface area contributed by atoms with Crippen molar-refractivity contribution in [1.82, 2.24) is 0 Å². The molecule has 1 aliphatic heterocycles. The van der Waals surface area contributed by atoms with Gasteiger partial charge in [0.25, 0.3) is 0 Å². The van der Waals surface area contributed by atoms with Crippen LogP contribution in [0.3, 0.4) is 0 Å². The van der Waals surface area contributed by atoms with Crippen molar-refractivity contribution >= 4 is 6.21 Å². The van der Waals surface area contributed by atoms with Crippen LogP contribution in [0.1, 0.15) is 19.8 Å². The average molecular weight is 121 g/mol. The molecule has 1 fully saturated rings. The number of hydrogen-bond acceptors (Lipinski definition) is 1. The molecule has 0 aromatic rings. The van der Waals surface area contributed by atoms with Crippen molar-refractivity contribution in [1.29, 1.82) is 0 Å². The lowest BCUT2D eigenvalue weighted by molar-refractivity contribution is 0.948. The van der Waals surface area contributed by atoms with Crippen molar-refractivity contribution in [3.63, 3.8) is 0 Å². The van der Waals surface area contributed by atoms with Gasteiger partial charge in [0.05, 0.1) is 6.54 Å². The van der Waals surface area contributed by atoms with E-state index in [0.29, 0.717) is 0 Å². The maximum Gasteiger partial charge on any atom is 0.0608 e. The Kier molecular flexibility index (Phi) is 0.981. The molecule has 0 amide bonds. The molecule has 2 aliphatic rings. The van der Waals surface area contributed by atoms with Crippen LogP contribution < -0.4 is 0 Å². The molecule has 2 rings (SSSR count). The zero-order valence-corrected chi connectivity index (χ0v) is 5.72. The standard InChI is InChI=1S/C8H11N/c1-6-4-9-5-8(6)7-2-3-7/h4,7H,2-3,5H2,1H3. The van der Waals surface area contributed by atoms with Crippen molar-refractivity contribution in [2.75, 3.05) is 6.54 Å². The first-order valence-corrected chi connectivity index (χ1v) is 3.57. The summed E-state index contributed by atoms with van der Waals surface area (Å²) in [5.74, 6) is 0.924. The topological polar surface area (TPSA) is 12.4 Å². The third-order valence-electron chi connectivity index (χ3n) is 2.12. The molecule has 1 nitrogen and oxygen atoms in total. The SMILES string of the molecule is CC1=C(C2CC2)CN=C1. The molecule has 0 N–H and O–H groups in total. The van der Waals surface area contributed by atoms with Crippen molar-refractivity contribution in [3.05, 3.63) is 11.1 Å². The minimum atomic E-state index is 0.924. The van der Waals surface area contributed by atoms with Crippen LogP contribution in [0.2, 0.25) is 0 Å². The third kappa shape index (κ3) is 0.805. The molecule has 0 spiro atoms. The van der Waals surface area contributed by atoms with Crippen LogP contribution in [0.15, 0.2) is 16.1 Å². The van der Waals surface area contributed by atoms with Crippen LogP contribution in [0.25, 0.3) is 0 Å². The Hall–Kier alpha value is -0.590. The summed E-state index contributed by atoms with van der Waals surface area (Å²) in [6, 6.07) is 0. The van der Waals surface area contributed by atoms with Crippen molar-refractivity contribution in [2.24, 2.45) is 10.9 Å². The molecule has 1 aliphatic carbocycles. The molecule has 1 heterocycles. The highest BCUT2D eigenvalue weighted by atomic mass is 14.7. The summed E-state index contributed by atoms with van der Waals surface area (Å²) in [7, 11) is 0. The van der Waals surface area contributed by atoms with Crippen LogP contribution in [0.5, 0.6) is 0 Å². The van der Waals surface area contributed by atoms with E-state index in [1.165, 1.54) is 18.4 Å². The minimum Gasteiger partial charge on any atom is -0.288 e. The first-order chi connectivity index (χ1) is 4.38. The highest BCUT2D eigenvalue weighted by Gasteiger charge is 2.27. The number of hydrogen-bond donors (Lipinski definition) is 0. The molecular weight excluding hydrogens is 110 g/mol. The molecule has 1 heteroatoms. The Balaban J connectivity index is 2.19. The molecule has 0 atom stereocenters. The maximum atomic E-state index is 4.21. The van der Waals surface area contributed by atoms with Gasteiger partial charge in [-0.15, -0.1) is 0 Å². The van der Waals surface area contributed by atoms with Crippen LogP contribution in [-0.4, -0.2) is 12.8 Å². The van der Waals surface area contributed by atoms with Gasteiger partial charge in [0.15, 0.2) is 0 Å². The first kappa shape index (κ1) is 5.21. The minimum absolute atomic E-state index is 0.924. The van der Waals surface area contributed by atoms with E-state index < -0.39 is 0 Å². The molecule has 0 bridgehead atoms. The number of nitrogens with zero attached hydrogens (tertiary/aromatic N) is 1. The highest BCUT2D eigenvalue weighted by Crippen LogP contribution is 2.38. The lowest BCUT2D eigenvalue weighted by Crippen LogP contribution is -1.88. The summed E-state index contributed by atoms with van der Waals surface area (Å²) in [5, 5.41) is 0. The maximum absolute atomic E-state index is 4.21. The number of rotatable bonds is 1. The summed E-state index contributed by atoms with van der Waals surface area (Å²) in [5.41, 5.74) is 3.03. The molecule has 9 heavy (non-hydrogen) atoms. The van der Waals surface area contributed by atoms with E-state index >= 15 is 0 Å². The van der Waals surface area contributed by atoms with Gasteiger partial charge in [-0.25, -0.2) is 0 Å². The molecule has 1 saturated carbocycles. The Morgan fingerprint density at radius 3 is 2.78 bits per heavy atom. The smallest absolute Gasteiger partial charge is 0.0608 e. The van der Waals surface area contributed by atoms with Gasteiger partial charge in [-0.05, 0) is 36.8 Å². The predicted molar refractivity (Wildman–Crippen MR) is 38.8 cm³/mol. The Labute approximate surface area is 55.5 Å². The molecule has 48 valence electrons. The van der Waals surface area contributed by atoms with E-state index in [0.717, 1.165) is 12.5 Å². The summed E-state index contributed by atoms with van der Waals surface area (Å²) in [6.45, 7) is 3.17. The quantitative estimate of drug-likeness (QED) is 0.501. The Bertz CT molecular complexity index is 185. The van der Waals surface area contributed by atoms with E-state index in [-0.39, 0.29) is 0 Å². The fourth-order valence-electron chi connectivity index (χ4n) is 1.37. The van der Waals surface area contributed by atoms with E-state index in [9.17, 15) is 0 Å². The molecule has 0 aromatic carbocycles. The van der Waals surface area contributed by atoms with Gasteiger partial charge in [-0.3, -0.25) is 4.99 Å². The molecule has 0 unspecified atom stereocenters. The summed E-state index contributed by atoms with van der Waals surface area (Å²) in [4.78, 5) is 4.21. The van der Waals surface area contributed by atoms with E-state index in [2.05, 4.69) is 11.9 Å². The van der Waals surface area contributed by atoms with Gasteiger partial charge in [-0.2, -0.15) is 0 Å². The van der Waals surface area contributed by atoms with Crippen LogP contribution in [0, 0.1) is 5.92 Å². The fraction of sp³-hybridized carbons (Fsp3) is 0.625. The Morgan fingerprint density at radius 1 is 1.56 bits per heavy atom. The van der Waals surface area contributed by atoms with Crippen LogP contribution in [-0.2, 0) is 0 Å². The zero-order chi connectivity index (χ0) is 6.27. The monoisotopic (exact) mass is 121 g/mol. The summed E-state index contributed by atoms with van der Waals surface area (Å²) >= 11 is 0. The summed E-state index contributed by atoms with van der Waals surface area (Å²) in [6.07, 6.45) is 4.83. The average Bonchev–Trinajstić information content (AvgIpc) is 2.58. The van der Waals surface area contributed by atoms with E-state index in [4.69, 9.17) is 0 Å². The van der Waals surface area contributed by atoms with Gasteiger partial charge in [0, 0.05) is 6.21 Å². The molecular formula is C8H11N. The van der Waals surface area contributed by atoms with Crippen molar-refractivity contribution in [3.8, 4) is 0 Å². The number of allylic oxidation sites excluding steroid dienone is 1. The van der Waals surface area contributed by atoms with Gasteiger partial charge < -0.3 is 0 Å². The first-order valence-electron chi connectivity index (χ1n) is 3.57. The second kappa shape index (κ2) is 1.69. The van der Waals surface area contributed by atoms with E-state index in [1.807, 2.05) is 6.21 Å². The third-order valence-corrected chi connectivity index (χ3v) is 2.12. The Morgan fingerprint density at radius 2 is 2.33 bits per heavy atom. The largest absolute Gasteiger partial charge is 0.288 e. The highest BCUT2D eigenvalue weighted by molar-refractivity contribution is 5.82. The molecule has 0 aromatic heterocycles. The van der Waals surface area contributed by atoms with Crippen LogP contribution in [0.4, 0.5) is 0 Å². The molecule has 0 saturated heterocycles. The molecule has 0 radical (unpaired) electrons. The van der Waals surface area contributed by atoms with Gasteiger partial charge in [0.1, 0.15) is 0 Å². The number of aliphatic imine (C=N–C) groups is 1. The van der Waals surface area contributed by atoms with Crippen molar-refractivity contribution in [2.45, 2.75) is 19.8 Å². The fourth-order valence-corrected chi connectivity index (χ4v) is 1.37. The predicted octanol–water partition coefficient (Wildman–Crippen LogP) is 1.80. The van der Waals surface area contributed by atoms with Gasteiger partial charge >= 0.3 is 0 Å². The zero-order valence-electron chi connectivity index (χ0n) is 5.72. The lowest BCUT2D eigenvalue weighted by Gasteiger charge is -1.95. The second-order valence-corrected chi connectivity index (χ2v) is 2.95. The second-order valence-electron chi connectivity index (χ2n) is 2.95. The van der Waals surface area contributed by atoms with E-state index in [1.54, 1.807) is 5.57 Å². The van der Waals surface area contributed by atoms with Gasteiger partial charge in [-0.1, -0.05) is 0 Å². The summed E-state index contributed by atoms with van der Waals surface area (Å²) < 4.78 is 0.